The molecule has 7 nitrogen and oxygen atoms in total. The number of likely N-dealkylation sites (N-methyl/N-ethyl adjacent to an activating group) is 1. The molecule has 144 valence electrons. The Morgan fingerprint density at radius 1 is 1.22 bits per heavy atom. The van der Waals surface area contributed by atoms with Gasteiger partial charge < -0.3 is 19.5 Å². The summed E-state index contributed by atoms with van der Waals surface area (Å²) in [5.74, 6) is -1.67. The van der Waals surface area contributed by atoms with E-state index in [0.717, 1.165) is 10.9 Å². The van der Waals surface area contributed by atoms with E-state index in [2.05, 4.69) is 0 Å². The second kappa shape index (κ2) is 8.24. The van der Waals surface area contributed by atoms with Crippen molar-refractivity contribution in [2.75, 3.05) is 26.7 Å². The number of aliphatic carboxylic acids is 1. The third-order valence-electron chi connectivity index (χ3n) is 5.17. The number of carboxylic acid groups (broad SMARTS) is 1. The molecule has 1 aliphatic rings. The highest BCUT2D eigenvalue weighted by atomic mass is 16.4. The second-order valence-electron chi connectivity index (χ2n) is 7.08. The molecule has 1 aliphatic heterocycles. The molecular formula is C20H25N3O4. The molecule has 0 radical (unpaired) electrons. The zero-order valence-electron chi connectivity index (χ0n) is 15.5. The number of carbonyl (C=O) groups is 3. The third kappa shape index (κ3) is 4.48. The summed E-state index contributed by atoms with van der Waals surface area (Å²) in [7, 11) is 1.62. The molecule has 1 aromatic carbocycles. The molecule has 27 heavy (non-hydrogen) atoms. The van der Waals surface area contributed by atoms with E-state index in [1.165, 1.54) is 4.90 Å². The Morgan fingerprint density at radius 2 is 2.00 bits per heavy atom. The number of fused-ring (bicyclic) bond motifs is 1. The summed E-state index contributed by atoms with van der Waals surface area (Å²) < 4.78 is 2.03. The number of nitrogens with zero attached hydrogens (tertiary/aromatic N) is 3. The number of amides is 2. The van der Waals surface area contributed by atoms with Gasteiger partial charge in [0.1, 0.15) is 0 Å². The van der Waals surface area contributed by atoms with Gasteiger partial charge in [0.05, 0.1) is 12.5 Å². The van der Waals surface area contributed by atoms with E-state index in [4.69, 9.17) is 5.11 Å². The maximum absolute atomic E-state index is 12.4. The SMILES string of the molecule is CN(CC(=O)N1CCCC(C(=O)O)C1)C(=O)CCn1ccc2ccccc21. The lowest BCUT2D eigenvalue weighted by Gasteiger charge is -2.32. The van der Waals surface area contributed by atoms with Crippen LogP contribution in [0, 0.1) is 5.92 Å². The van der Waals surface area contributed by atoms with E-state index < -0.39 is 11.9 Å². The minimum absolute atomic E-state index is 0.0163. The number of para-hydroxylation sites is 1. The molecule has 1 unspecified atom stereocenters. The Hall–Kier alpha value is -2.83. The molecular weight excluding hydrogens is 346 g/mol. The van der Waals surface area contributed by atoms with Crippen LogP contribution < -0.4 is 0 Å². The predicted octanol–water partition coefficient (Wildman–Crippen LogP) is 1.81. The van der Waals surface area contributed by atoms with Gasteiger partial charge in [0, 0.05) is 44.8 Å². The Morgan fingerprint density at radius 3 is 2.78 bits per heavy atom. The Bertz CT molecular complexity index is 845. The first-order valence-corrected chi connectivity index (χ1v) is 9.24. The number of piperidine rings is 1. The zero-order chi connectivity index (χ0) is 19.4. The fourth-order valence-corrected chi connectivity index (χ4v) is 3.54. The number of aryl methyl sites for hydroxylation is 1. The van der Waals surface area contributed by atoms with Crippen LogP contribution in [0.4, 0.5) is 0 Å². The zero-order valence-corrected chi connectivity index (χ0v) is 15.5. The Labute approximate surface area is 158 Å². The van der Waals surface area contributed by atoms with Crippen LogP contribution in [0.5, 0.6) is 0 Å². The monoisotopic (exact) mass is 371 g/mol. The van der Waals surface area contributed by atoms with Gasteiger partial charge >= 0.3 is 5.97 Å². The smallest absolute Gasteiger partial charge is 0.308 e. The highest BCUT2D eigenvalue weighted by Gasteiger charge is 2.28. The van der Waals surface area contributed by atoms with Crippen LogP contribution in [0.15, 0.2) is 36.5 Å². The maximum Gasteiger partial charge on any atom is 0.308 e. The molecule has 2 heterocycles. The first-order chi connectivity index (χ1) is 13.0. The quantitative estimate of drug-likeness (QED) is 0.840. The fourth-order valence-electron chi connectivity index (χ4n) is 3.54. The van der Waals surface area contributed by atoms with E-state index in [1.54, 1.807) is 11.9 Å². The lowest BCUT2D eigenvalue weighted by atomic mass is 9.98. The summed E-state index contributed by atoms with van der Waals surface area (Å²) in [6, 6.07) is 10.0. The largest absolute Gasteiger partial charge is 0.481 e. The molecule has 1 fully saturated rings. The van der Waals surface area contributed by atoms with Gasteiger partial charge in [0.15, 0.2) is 0 Å². The number of aromatic nitrogens is 1. The summed E-state index contributed by atoms with van der Waals surface area (Å²) in [6.07, 6.45) is 3.54. The predicted molar refractivity (Wildman–Crippen MR) is 101 cm³/mol. The average molecular weight is 371 g/mol. The maximum atomic E-state index is 12.4. The number of carboxylic acids is 1. The number of rotatable bonds is 6. The molecule has 2 amide bonds. The average Bonchev–Trinajstić information content (AvgIpc) is 3.09. The number of likely N-dealkylation sites (tertiary alicyclic amines) is 1. The first-order valence-electron chi connectivity index (χ1n) is 9.24. The van der Waals surface area contributed by atoms with Crippen molar-refractivity contribution in [1.29, 1.82) is 0 Å². The van der Waals surface area contributed by atoms with E-state index in [1.807, 2.05) is 41.1 Å². The van der Waals surface area contributed by atoms with Crippen molar-refractivity contribution in [3.8, 4) is 0 Å². The van der Waals surface area contributed by atoms with Crippen LogP contribution in [0.2, 0.25) is 0 Å². The van der Waals surface area contributed by atoms with Gasteiger partial charge in [-0.2, -0.15) is 0 Å². The minimum atomic E-state index is -0.865. The molecule has 1 aromatic heterocycles. The van der Waals surface area contributed by atoms with Gasteiger partial charge in [-0.15, -0.1) is 0 Å². The molecule has 3 rings (SSSR count). The first kappa shape index (κ1) is 18.9. The summed E-state index contributed by atoms with van der Waals surface area (Å²) >= 11 is 0. The molecule has 1 saturated heterocycles. The van der Waals surface area contributed by atoms with Gasteiger partial charge in [0.25, 0.3) is 0 Å². The number of benzene rings is 1. The van der Waals surface area contributed by atoms with Crippen LogP contribution in [0.3, 0.4) is 0 Å². The van der Waals surface area contributed by atoms with Gasteiger partial charge in [0.2, 0.25) is 11.8 Å². The normalized spacial score (nSPS) is 17.1. The molecule has 0 spiro atoms. The molecule has 2 aromatic rings. The standard InChI is InChI=1S/C20H25N3O4/c1-21(14-19(25)23-10-4-6-16(13-23)20(26)27)18(24)9-12-22-11-8-15-5-2-3-7-17(15)22/h2-3,5,7-8,11,16H,4,6,9-10,12-14H2,1H3,(H,26,27). The summed E-state index contributed by atoms with van der Waals surface area (Å²) in [6.45, 7) is 1.32. The Kier molecular flexibility index (Phi) is 5.78. The number of hydrogen-bond donors (Lipinski definition) is 1. The number of carbonyl (C=O) groups excluding carboxylic acids is 2. The second-order valence-corrected chi connectivity index (χ2v) is 7.08. The van der Waals surface area contributed by atoms with Crippen molar-refractivity contribution in [1.82, 2.24) is 14.4 Å². The van der Waals surface area contributed by atoms with Crippen LogP contribution in [-0.4, -0.2) is 63.9 Å². The van der Waals surface area contributed by atoms with Crippen LogP contribution in [-0.2, 0) is 20.9 Å². The van der Waals surface area contributed by atoms with Gasteiger partial charge in [-0.25, -0.2) is 0 Å². The summed E-state index contributed by atoms with van der Waals surface area (Å²) in [5, 5.41) is 10.3. The van der Waals surface area contributed by atoms with Crippen molar-refractivity contribution in [3.05, 3.63) is 36.5 Å². The van der Waals surface area contributed by atoms with Crippen LogP contribution in [0.25, 0.3) is 10.9 Å². The number of hydrogen-bond acceptors (Lipinski definition) is 3. The van der Waals surface area contributed by atoms with Crippen molar-refractivity contribution >= 4 is 28.7 Å². The molecule has 0 saturated carbocycles. The summed E-state index contributed by atoms with van der Waals surface area (Å²) in [5.41, 5.74) is 1.08. The lowest BCUT2D eigenvalue weighted by molar-refractivity contribution is -0.147. The van der Waals surface area contributed by atoms with E-state index in [9.17, 15) is 14.4 Å². The molecule has 7 heteroatoms. The minimum Gasteiger partial charge on any atom is -0.481 e. The van der Waals surface area contributed by atoms with Crippen molar-refractivity contribution in [2.24, 2.45) is 5.92 Å². The van der Waals surface area contributed by atoms with E-state index in [0.29, 0.717) is 32.4 Å². The van der Waals surface area contributed by atoms with Gasteiger partial charge in [-0.1, -0.05) is 18.2 Å². The van der Waals surface area contributed by atoms with Gasteiger partial charge in [-0.3, -0.25) is 14.4 Å². The third-order valence-corrected chi connectivity index (χ3v) is 5.17. The highest BCUT2D eigenvalue weighted by Crippen LogP contribution is 2.17. The van der Waals surface area contributed by atoms with Crippen LogP contribution >= 0.6 is 0 Å². The fraction of sp³-hybridized carbons (Fsp3) is 0.450. The van der Waals surface area contributed by atoms with Crippen molar-refractivity contribution in [3.63, 3.8) is 0 Å². The highest BCUT2D eigenvalue weighted by molar-refractivity contribution is 5.85. The van der Waals surface area contributed by atoms with Crippen LogP contribution in [0.1, 0.15) is 19.3 Å². The topological polar surface area (TPSA) is 82.9 Å². The van der Waals surface area contributed by atoms with Crippen molar-refractivity contribution in [2.45, 2.75) is 25.8 Å². The molecule has 0 aliphatic carbocycles. The Balaban J connectivity index is 1.51. The lowest BCUT2D eigenvalue weighted by Crippen LogP contribution is -2.47. The summed E-state index contributed by atoms with van der Waals surface area (Å²) in [4.78, 5) is 39.0. The molecule has 1 N–H and O–H groups in total. The van der Waals surface area contributed by atoms with Crippen molar-refractivity contribution < 1.29 is 19.5 Å². The van der Waals surface area contributed by atoms with E-state index in [-0.39, 0.29) is 24.9 Å². The van der Waals surface area contributed by atoms with E-state index >= 15 is 0 Å². The molecule has 1 atom stereocenters. The molecule has 0 bridgehead atoms. The van der Waals surface area contributed by atoms with Gasteiger partial charge in [-0.05, 0) is 30.4 Å².